The Morgan fingerprint density at radius 2 is 2.03 bits per heavy atom. The molecule has 1 aliphatic heterocycles. The summed E-state index contributed by atoms with van der Waals surface area (Å²) in [6, 6.07) is 6.92. The van der Waals surface area contributed by atoms with E-state index >= 15 is 0 Å². The summed E-state index contributed by atoms with van der Waals surface area (Å²) < 4.78 is 5.11. The Hall–Kier alpha value is -3.46. The van der Waals surface area contributed by atoms with Gasteiger partial charge < -0.3 is 15.0 Å². The number of carbonyl (C=O) groups is 3. The molecule has 3 rings (SSSR count). The first-order valence-corrected chi connectivity index (χ1v) is 9.95. The number of carbonyl (C=O) groups excluding carboxylic acids is 3. The van der Waals surface area contributed by atoms with Crippen molar-refractivity contribution in [1.29, 1.82) is 0 Å². The molecule has 2 atom stereocenters. The fourth-order valence-corrected chi connectivity index (χ4v) is 3.51. The highest BCUT2D eigenvalue weighted by atomic mass is 35.5. The van der Waals surface area contributed by atoms with E-state index in [2.05, 4.69) is 15.3 Å². The molecule has 31 heavy (non-hydrogen) atoms. The van der Waals surface area contributed by atoms with E-state index in [4.69, 9.17) is 16.3 Å². The van der Waals surface area contributed by atoms with Crippen LogP contribution in [0.15, 0.2) is 36.5 Å². The van der Waals surface area contributed by atoms with Gasteiger partial charge in [0, 0.05) is 30.3 Å². The van der Waals surface area contributed by atoms with Crippen molar-refractivity contribution in [2.24, 2.45) is 0 Å². The fraction of sp³-hybridized carbons (Fsp3) is 0.286. The lowest BCUT2D eigenvalue weighted by Crippen LogP contribution is -2.35. The zero-order chi connectivity index (χ0) is 22.4. The van der Waals surface area contributed by atoms with Crippen LogP contribution in [0.2, 0.25) is 5.02 Å². The molecular formula is C21H22ClN5O4. The van der Waals surface area contributed by atoms with Gasteiger partial charge >= 0.3 is 0 Å². The third-order valence-electron chi connectivity index (χ3n) is 4.86. The van der Waals surface area contributed by atoms with Crippen LogP contribution in [0.5, 0.6) is 5.88 Å². The van der Waals surface area contributed by atoms with Gasteiger partial charge in [-0.05, 0) is 37.1 Å². The van der Waals surface area contributed by atoms with Gasteiger partial charge in [-0.15, -0.1) is 0 Å². The number of aromatic nitrogens is 2. The number of amides is 3. The fourth-order valence-electron chi connectivity index (χ4n) is 3.35. The zero-order valence-electron chi connectivity index (χ0n) is 17.0. The van der Waals surface area contributed by atoms with E-state index in [1.165, 1.54) is 19.4 Å². The van der Waals surface area contributed by atoms with Crippen LogP contribution in [0.3, 0.4) is 0 Å². The second kappa shape index (κ2) is 10.0. The van der Waals surface area contributed by atoms with E-state index < -0.39 is 5.91 Å². The predicted octanol–water partition coefficient (Wildman–Crippen LogP) is 2.14. The number of ether oxygens (including phenoxy) is 1. The second-order valence-electron chi connectivity index (χ2n) is 7.02. The molecule has 0 unspecified atom stereocenters. The Balaban J connectivity index is 1.63. The summed E-state index contributed by atoms with van der Waals surface area (Å²) in [5.41, 5.74) is 1.28. The Morgan fingerprint density at radius 1 is 1.29 bits per heavy atom. The van der Waals surface area contributed by atoms with Crippen molar-refractivity contribution in [2.75, 3.05) is 19.0 Å². The summed E-state index contributed by atoms with van der Waals surface area (Å²) in [5, 5.41) is 5.58. The summed E-state index contributed by atoms with van der Waals surface area (Å²) in [6.07, 6.45) is 5.34. The standard InChI is InChI=1S/C21H22ClN5O4/c1-13-9-16(25-21-23-10-17(22)19(26-21)31-2)11-27(13)20(30)15-6-3-14(4-7-15)5-8-18(29)24-12-28/h3-8,10,12-13,16H,9,11H2,1-2H3,(H,23,25,26)(H,24,28,29)/t13-,16+/m0/s1. The van der Waals surface area contributed by atoms with Crippen molar-refractivity contribution >= 4 is 41.8 Å². The highest BCUT2D eigenvalue weighted by Crippen LogP contribution is 2.25. The lowest BCUT2D eigenvalue weighted by molar-refractivity contribution is -0.121. The lowest BCUT2D eigenvalue weighted by atomic mass is 10.1. The van der Waals surface area contributed by atoms with E-state index in [9.17, 15) is 14.4 Å². The normalized spacial score (nSPS) is 18.1. The third-order valence-corrected chi connectivity index (χ3v) is 5.12. The van der Waals surface area contributed by atoms with Gasteiger partial charge in [-0.25, -0.2) is 4.98 Å². The van der Waals surface area contributed by atoms with Gasteiger partial charge in [-0.2, -0.15) is 4.98 Å². The number of methoxy groups -OCH3 is 1. The molecule has 1 aromatic carbocycles. The SMILES string of the molecule is COc1nc(N[C@@H]2C[C@H](C)N(C(=O)c3ccc(C=CC(=O)NC=O)cc3)C2)ncc1Cl. The van der Waals surface area contributed by atoms with Crippen LogP contribution >= 0.6 is 11.6 Å². The molecule has 10 heteroatoms. The average molecular weight is 444 g/mol. The molecule has 1 saturated heterocycles. The summed E-state index contributed by atoms with van der Waals surface area (Å²) in [6.45, 7) is 2.49. The minimum absolute atomic E-state index is 0.0108. The quantitative estimate of drug-likeness (QED) is 0.497. The topological polar surface area (TPSA) is 114 Å². The maximum Gasteiger partial charge on any atom is 0.254 e. The first kappa shape index (κ1) is 22.2. The van der Waals surface area contributed by atoms with Gasteiger partial charge in [-0.1, -0.05) is 23.7 Å². The molecule has 162 valence electrons. The zero-order valence-corrected chi connectivity index (χ0v) is 17.8. The van der Waals surface area contributed by atoms with Crippen LogP contribution in [-0.4, -0.2) is 58.8 Å². The predicted molar refractivity (Wildman–Crippen MR) is 116 cm³/mol. The number of anilines is 1. The highest BCUT2D eigenvalue weighted by molar-refractivity contribution is 6.31. The molecule has 2 N–H and O–H groups in total. The van der Waals surface area contributed by atoms with Gasteiger partial charge in [0.1, 0.15) is 5.02 Å². The number of hydrogen-bond donors (Lipinski definition) is 2. The molecule has 0 spiro atoms. The molecule has 1 aromatic heterocycles. The molecule has 0 saturated carbocycles. The van der Waals surface area contributed by atoms with Crippen molar-refractivity contribution in [3.63, 3.8) is 0 Å². The number of hydrogen-bond acceptors (Lipinski definition) is 7. The Bertz CT molecular complexity index is 996. The third kappa shape index (κ3) is 5.58. The number of rotatable bonds is 7. The minimum Gasteiger partial charge on any atom is -0.480 e. The molecule has 3 amide bonds. The summed E-state index contributed by atoms with van der Waals surface area (Å²) >= 11 is 5.96. The molecular weight excluding hydrogens is 422 g/mol. The Morgan fingerprint density at radius 3 is 2.71 bits per heavy atom. The van der Waals surface area contributed by atoms with E-state index in [1.807, 2.05) is 12.2 Å². The first-order valence-electron chi connectivity index (χ1n) is 9.57. The van der Waals surface area contributed by atoms with Crippen molar-refractivity contribution in [3.8, 4) is 5.88 Å². The number of halogens is 1. The van der Waals surface area contributed by atoms with Crippen LogP contribution in [0.1, 0.15) is 29.3 Å². The van der Waals surface area contributed by atoms with Crippen LogP contribution in [0.25, 0.3) is 6.08 Å². The molecule has 9 nitrogen and oxygen atoms in total. The highest BCUT2D eigenvalue weighted by Gasteiger charge is 2.33. The summed E-state index contributed by atoms with van der Waals surface area (Å²) in [7, 11) is 1.48. The Kier molecular flexibility index (Phi) is 7.19. The lowest BCUT2D eigenvalue weighted by Gasteiger charge is -2.21. The van der Waals surface area contributed by atoms with E-state index in [0.717, 1.165) is 12.0 Å². The molecule has 1 fully saturated rings. The minimum atomic E-state index is -0.512. The molecule has 0 radical (unpaired) electrons. The molecule has 2 aromatic rings. The van der Waals surface area contributed by atoms with Gasteiger partial charge in [0.25, 0.3) is 5.91 Å². The summed E-state index contributed by atoms with van der Waals surface area (Å²) in [5.74, 6) is 0.0842. The number of imide groups is 1. The van der Waals surface area contributed by atoms with Crippen LogP contribution < -0.4 is 15.4 Å². The van der Waals surface area contributed by atoms with Crippen LogP contribution in [0, 0.1) is 0 Å². The monoisotopic (exact) mass is 443 g/mol. The van der Waals surface area contributed by atoms with Crippen LogP contribution in [0.4, 0.5) is 5.95 Å². The van der Waals surface area contributed by atoms with Crippen molar-refractivity contribution < 1.29 is 19.1 Å². The number of likely N-dealkylation sites (tertiary alicyclic amines) is 1. The molecule has 0 bridgehead atoms. The number of benzene rings is 1. The van der Waals surface area contributed by atoms with Crippen molar-refractivity contribution in [1.82, 2.24) is 20.2 Å². The number of nitrogens with zero attached hydrogens (tertiary/aromatic N) is 3. The second-order valence-corrected chi connectivity index (χ2v) is 7.42. The van der Waals surface area contributed by atoms with Gasteiger partial charge in [0.2, 0.25) is 24.1 Å². The molecule has 1 aliphatic rings. The maximum absolute atomic E-state index is 13.0. The van der Waals surface area contributed by atoms with Gasteiger partial charge in [0.05, 0.1) is 13.3 Å². The van der Waals surface area contributed by atoms with Gasteiger partial charge in [0.15, 0.2) is 0 Å². The summed E-state index contributed by atoms with van der Waals surface area (Å²) in [4.78, 5) is 44.7. The maximum atomic E-state index is 13.0. The smallest absolute Gasteiger partial charge is 0.254 e. The first-order chi connectivity index (χ1) is 14.9. The van der Waals surface area contributed by atoms with Crippen molar-refractivity contribution in [2.45, 2.75) is 25.4 Å². The molecule has 0 aliphatic carbocycles. The average Bonchev–Trinajstić information content (AvgIpc) is 3.13. The van der Waals surface area contributed by atoms with Crippen molar-refractivity contribution in [3.05, 3.63) is 52.7 Å². The molecule has 2 heterocycles. The largest absolute Gasteiger partial charge is 0.480 e. The Labute approximate surface area is 184 Å². The van der Waals surface area contributed by atoms with E-state index in [0.29, 0.717) is 29.5 Å². The van der Waals surface area contributed by atoms with E-state index in [-0.39, 0.29) is 23.9 Å². The van der Waals surface area contributed by atoms with E-state index in [1.54, 1.807) is 35.2 Å². The van der Waals surface area contributed by atoms with Crippen LogP contribution in [-0.2, 0) is 9.59 Å². The number of nitrogens with one attached hydrogen (secondary N) is 2. The van der Waals surface area contributed by atoms with Gasteiger partial charge in [-0.3, -0.25) is 19.7 Å².